The summed E-state index contributed by atoms with van der Waals surface area (Å²) in [6.45, 7) is 2.33. The van der Waals surface area contributed by atoms with Gasteiger partial charge in [-0.2, -0.15) is 0 Å². The first-order valence-electron chi connectivity index (χ1n) is 9.42. The molecule has 0 spiro atoms. The lowest BCUT2D eigenvalue weighted by atomic mass is 9.73. The zero-order chi connectivity index (χ0) is 17.1. The molecule has 0 bridgehead atoms. The first kappa shape index (κ1) is 17.8. The second kappa shape index (κ2) is 7.90. The Labute approximate surface area is 145 Å². The zero-order valence-electron chi connectivity index (χ0n) is 14.5. The van der Waals surface area contributed by atoms with Crippen LogP contribution < -0.4 is 0 Å². The van der Waals surface area contributed by atoms with Crippen molar-refractivity contribution in [3.05, 3.63) is 41.2 Å². The van der Waals surface area contributed by atoms with E-state index in [0.29, 0.717) is 11.5 Å². The minimum absolute atomic E-state index is 0.157. The molecular weight excluding hydrogens is 325 g/mol. The van der Waals surface area contributed by atoms with E-state index in [-0.39, 0.29) is 9.52 Å². The van der Waals surface area contributed by atoms with Gasteiger partial charge in [-0.1, -0.05) is 50.3 Å². The topological polar surface area (TPSA) is 0 Å². The van der Waals surface area contributed by atoms with E-state index in [1.807, 2.05) is 0 Å². The number of allylic oxidation sites excluding steroid dienone is 2. The summed E-state index contributed by atoms with van der Waals surface area (Å²) in [7, 11) is 0.157. The van der Waals surface area contributed by atoms with Gasteiger partial charge >= 0.3 is 0 Å². The van der Waals surface area contributed by atoms with E-state index in [1.54, 1.807) is 0 Å². The van der Waals surface area contributed by atoms with Crippen molar-refractivity contribution >= 4 is 15.1 Å². The summed E-state index contributed by atoms with van der Waals surface area (Å²) in [5.41, 5.74) is 2.53. The highest BCUT2D eigenvalue weighted by molar-refractivity contribution is 6.37. The summed E-state index contributed by atoms with van der Waals surface area (Å²) >= 11 is 0. The van der Waals surface area contributed by atoms with Gasteiger partial charge in [0.1, 0.15) is 0 Å². The summed E-state index contributed by atoms with van der Waals surface area (Å²) < 4.78 is 39.9. The molecule has 0 radical (unpaired) electrons. The maximum absolute atomic E-state index is 13.4. The zero-order valence-corrected chi connectivity index (χ0v) is 15.9. The average molecular weight is 353 g/mol. The fourth-order valence-corrected chi connectivity index (χ4v) is 6.51. The standard InChI is InChI=1S/C20H27F3Si/c1-2-24-17-9-7-14(8-10-17)13-3-5-15(6-4-13)16-11-18(21)20(23)19(22)12-16/h5,11-14,17H,2-4,6-10,24H2,1H3. The molecule has 1 fully saturated rings. The van der Waals surface area contributed by atoms with Crippen molar-refractivity contribution in [2.24, 2.45) is 11.8 Å². The summed E-state index contributed by atoms with van der Waals surface area (Å²) in [5.74, 6) is -2.02. The van der Waals surface area contributed by atoms with Gasteiger partial charge in [0, 0.05) is 9.52 Å². The lowest BCUT2D eigenvalue weighted by molar-refractivity contribution is 0.235. The lowest BCUT2D eigenvalue weighted by Gasteiger charge is -2.35. The Balaban J connectivity index is 1.61. The molecule has 132 valence electrons. The Morgan fingerprint density at radius 1 is 0.958 bits per heavy atom. The Bertz CT molecular complexity index is 580. The second-order valence-electron chi connectivity index (χ2n) is 7.59. The van der Waals surface area contributed by atoms with Crippen molar-refractivity contribution < 1.29 is 13.2 Å². The molecule has 0 nitrogen and oxygen atoms in total. The number of hydrogen-bond donors (Lipinski definition) is 0. The third-order valence-electron chi connectivity index (χ3n) is 6.06. The monoisotopic (exact) mass is 352 g/mol. The predicted molar refractivity (Wildman–Crippen MR) is 96.4 cm³/mol. The van der Waals surface area contributed by atoms with Gasteiger partial charge in [-0.3, -0.25) is 0 Å². The van der Waals surface area contributed by atoms with Crippen molar-refractivity contribution in [2.75, 3.05) is 0 Å². The van der Waals surface area contributed by atoms with Crippen LogP contribution in [-0.4, -0.2) is 9.52 Å². The molecule has 2 aliphatic carbocycles. The van der Waals surface area contributed by atoms with E-state index in [0.717, 1.165) is 48.4 Å². The SMILES string of the molecule is CC[SiH2]C1CCC(C2CC=C(c3cc(F)c(F)c(F)c3)CC2)CC1. The van der Waals surface area contributed by atoms with Crippen LogP contribution in [0.2, 0.25) is 11.6 Å². The van der Waals surface area contributed by atoms with Gasteiger partial charge in [0.2, 0.25) is 0 Å². The van der Waals surface area contributed by atoms with Gasteiger partial charge in [0.15, 0.2) is 17.5 Å². The Morgan fingerprint density at radius 3 is 2.17 bits per heavy atom. The molecule has 1 aromatic rings. The van der Waals surface area contributed by atoms with E-state index in [2.05, 4.69) is 13.0 Å². The van der Waals surface area contributed by atoms with Crippen molar-refractivity contribution in [1.82, 2.24) is 0 Å². The van der Waals surface area contributed by atoms with Gasteiger partial charge in [-0.15, -0.1) is 0 Å². The Kier molecular flexibility index (Phi) is 5.85. The van der Waals surface area contributed by atoms with Crippen LogP contribution in [0.3, 0.4) is 0 Å². The molecule has 0 amide bonds. The van der Waals surface area contributed by atoms with E-state index in [9.17, 15) is 13.2 Å². The van der Waals surface area contributed by atoms with Crippen LogP contribution in [0.15, 0.2) is 18.2 Å². The average Bonchev–Trinajstić information content (AvgIpc) is 2.60. The highest BCUT2D eigenvalue weighted by Crippen LogP contribution is 2.42. The minimum Gasteiger partial charge on any atom is -0.204 e. The van der Waals surface area contributed by atoms with Crippen molar-refractivity contribution in [3.8, 4) is 0 Å². The molecular formula is C20H27F3Si. The van der Waals surface area contributed by atoms with Crippen LogP contribution in [0.5, 0.6) is 0 Å². The fraction of sp³-hybridized carbons (Fsp3) is 0.600. The molecule has 0 aliphatic heterocycles. The maximum atomic E-state index is 13.4. The van der Waals surface area contributed by atoms with Crippen molar-refractivity contribution in [2.45, 2.75) is 63.5 Å². The van der Waals surface area contributed by atoms with Gasteiger partial charge in [0.25, 0.3) is 0 Å². The van der Waals surface area contributed by atoms with Crippen LogP contribution in [-0.2, 0) is 0 Å². The highest BCUT2D eigenvalue weighted by Gasteiger charge is 2.28. The summed E-state index contributed by atoms with van der Waals surface area (Å²) in [4.78, 5) is 0. The molecule has 0 N–H and O–H groups in total. The van der Waals surface area contributed by atoms with Crippen LogP contribution >= 0.6 is 0 Å². The molecule has 0 saturated heterocycles. The van der Waals surface area contributed by atoms with Crippen LogP contribution in [0.25, 0.3) is 5.57 Å². The molecule has 4 heteroatoms. The number of benzene rings is 1. The van der Waals surface area contributed by atoms with Crippen LogP contribution in [0.1, 0.15) is 57.4 Å². The third kappa shape index (κ3) is 3.96. The second-order valence-corrected chi connectivity index (χ2v) is 10.3. The van der Waals surface area contributed by atoms with Crippen LogP contribution in [0, 0.1) is 29.3 Å². The van der Waals surface area contributed by atoms with Crippen LogP contribution in [0.4, 0.5) is 13.2 Å². The highest BCUT2D eigenvalue weighted by atomic mass is 28.2. The first-order valence-corrected chi connectivity index (χ1v) is 11.2. The smallest absolute Gasteiger partial charge is 0.194 e. The Morgan fingerprint density at radius 2 is 1.62 bits per heavy atom. The molecule has 2 aliphatic rings. The normalized spacial score (nSPS) is 28.3. The lowest BCUT2D eigenvalue weighted by Crippen LogP contribution is -2.23. The van der Waals surface area contributed by atoms with Gasteiger partial charge < -0.3 is 0 Å². The largest absolute Gasteiger partial charge is 0.204 e. The summed E-state index contributed by atoms with van der Waals surface area (Å²) in [6, 6.07) is 3.69. The van der Waals surface area contributed by atoms with Gasteiger partial charge in [-0.05, 0) is 54.4 Å². The fourth-order valence-electron chi connectivity index (χ4n) is 4.64. The third-order valence-corrected chi connectivity index (χ3v) is 8.27. The molecule has 3 rings (SSSR count). The van der Waals surface area contributed by atoms with E-state index in [4.69, 9.17) is 0 Å². The Hall–Kier alpha value is -1.03. The number of hydrogen-bond acceptors (Lipinski definition) is 0. The molecule has 0 aromatic heterocycles. The molecule has 1 aromatic carbocycles. The van der Waals surface area contributed by atoms with E-state index >= 15 is 0 Å². The number of halogens is 3. The predicted octanol–water partition coefficient (Wildman–Crippen LogP) is 5.87. The molecule has 0 heterocycles. The van der Waals surface area contributed by atoms with Gasteiger partial charge in [0.05, 0.1) is 0 Å². The number of rotatable bonds is 4. The first-order chi connectivity index (χ1) is 11.6. The molecule has 1 saturated carbocycles. The molecule has 1 atom stereocenters. The maximum Gasteiger partial charge on any atom is 0.194 e. The quantitative estimate of drug-likeness (QED) is 0.469. The van der Waals surface area contributed by atoms with E-state index in [1.165, 1.54) is 31.7 Å². The van der Waals surface area contributed by atoms with Gasteiger partial charge in [-0.25, -0.2) is 13.2 Å². The summed E-state index contributed by atoms with van der Waals surface area (Å²) in [5, 5.41) is 0. The van der Waals surface area contributed by atoms with E-state index < -0.39 is 17.5 Å². The van der Waals surface area contributed by atoms with Crippen molar-refractivity contribution in [3.63, 3.8) is 0 Å². The summed E-state index contributed by atoms with van der Waals surface area (Å²) in [6.07, 6.45) is 10.6. The minimum atomic E-state index is -1.37. The molecule has 1 unspecified atom stereocenters. The van der Waals surface area contributed by atoms with Crippen molar-refractivity contribution in [1.29, 1.82) is 0 Å². The molecule has 24 heavy (non-hydrogen) atoms.